The minimum atomic E-state index is 0.236. The van der Waals surface area contributed by atoms with Gasteiger partial charge in [-0.1, -0.05) is 13.0 Å². The lowest BCUT2D eigenvalue weighted by Crippen LogP contribution is -2.34. The summed E-state index contributed by atoms with van der Waals surface area (Å²) in [6.45, 7) is 7.77. The number of carbonyl (C=O) groups is 1. The summed E-state index contributed by atoms with van der Waals surface area (Å²) in [5.74, 6) is 0.236. The van der Waals surface area contributed by atoms with E-state index in [2.05, 4.69) is 49.3 Å². The Morgan fingerprint density at radius 2 is 2.05 bits per heavy atom. The van der Waals surface area contributed by atoms with Crippen LogP contribution in [-0.2, 0) is 13.0 Å². The molecular formula is C16H21NOS2. The quantitative estimate of drug-likeness (QED) is 0.704. The van der Waals surface area contributed by atoms with Crippen LogP contribution in [-0.4, -0.2) is 23.3 Å². The molecule has 0 N–H and O–H groups in total. The van der Waals surface area contributed by atoms with E-state index in [1.165, 1.54) is 9.75 Å². The highest BCUT2D eigenvalue weighted by Gasteiger charge is 2.17. The van der Waals surface area contributed by atoms with Crippen molar-refractivity contribution in [1.29, 1.82) is 0 Å². The van der Waals surface area contributed by atoms with Crippen LogP contribution < -0.4 is 0 Å². The minimum absolute atomic E-state index is 0.236. The van der Waals surface area contributed by atoms with Crippen LogP contribution in [0.3, 0.4) is 0 Å². The fourth-order valence-corrected chi connectivity index (χ4v) is 3.61. The maximum absolute atomic E-state index is 12.4. The first-order chi connectivity index (χ1) is 9.60. The van der Waals surface area contributed by atoms with Crippen molar-refractivity contribution in [1.82, 2.24) is 4.90 Å². The van der Waals surface area contributed by atoms with Gasteiger partial charge < -0.3 is 0 Å². The highest BCUT2D eigenvalue weighted by atomic mass is 32.1. The second-order valence-corrected chi connectivity index (χ2v) is 7.32. The number of ketones is 1. The minimum Gasteiger partial charge on any atom is -0.292 e. The van der Waals surface area contributed by atoms with Crippen molar-refractivity contribution in [2.75, 3.05) is 6.54 Å². The number of aryl methyl sites for hydroxylation is 1. The van der Waals surface area contributed by atoms with Crippen LogP contribution in [0, 0.1) is 0 Å². The molecule has 4 heteroatoms. The summed E-state index contributed by atoms with van der Waals surface area (Å²) in [4.78, 5) is 18.1. The zero-order valence-electron chi connectivity index (χ0n) is 12.3. The molecule has 0 aliphatic heterocycles. The molecule has 0 saturated heterocycles. The molecule has 0 aromatic carbocycles. The average molecular weight is 307 g/mol. The molecule has 0 atom stereocenters. The van der Waals surface area contributed by atoms with Crippen LogP contribution in [0.25, 0.3) is 0 Å². The van der Waals surface area contributed by atoms with Crippen LogP contribution >= 0.6 is 22.7 Å². The van der Waals surface area contributed by atoms with Crippen LogP contribution in [0.4, 0.5) is 0 Å². The molecule has 0 aliphatic rings. The second-order valence-electron chi connectivity index (χ2n) is 5.12. The number of thiophene rings is 2. The van der Waals surface area contributed by atoms with Gasteiger partial charge in [0.15, 0.2) is 5.78 Å². The van der Waals surface area contributed by atoms with Crippen LogP contribution in [0.5, 0.6) is 0 Å². The van der Waals surface area contributed by atoms with Gasteiger partial charge >= 0.3 is 0 Å². The maximum atomic E-state index is 12.4. The SMILES string of the molecule is CCc1ccc(C(=O)CN(Cc2cccs2)C(C)C)s1. The van der Waals surface area contributed by atoms with E-state index in [-0.39, 0.29) is 5.78 Å². The zero-order valence-corrected chi connectivity index (χ0v) is 13.9. The lowest BCUT2D eigenvalue weighted by atomic mass is 10.2. The van der Waals surface area contributed by atoms with Crippen molar-refractivity contribution >= 4 is 28.5 Å². The Bertz CT molecular complexity index is 543. The monoisotopic (exact) mass is 307 g/mol. The predicted molar refractivity (Wildman–Crippen MR) is 87.9 cm³/mol. The van der Waals surface area contributed by atoms with Gasteiger partial charge in [0, 0.05) is 22.3 Å². The standard InChI is InChI=1S/C16H21NOS2/c1-4-13-7-8-16(20-13)15(18)11-17(12(2)3)10-14-6-5-9-19-14/h5-9,12H,4,10-11H2,1-3H3. The lowest BCUT2D eigenvalue weighted by molar-refractivity contribution is 0.0903. The molecule has 2 nitrogen and oxygen atoms in total. The number of Topliss-reactive ketones (excluding diaryl/α,β-unsaturated/α-hetero) is 1. The second kappa shape index (κ2) is 7.16. The molecule has 0 unspecified atom stereocenters. The molecule has 20 heavy (non-hydrogen) atoms. The maximum Gasteiger partial charge on any atom is 0.186 e. The van der Waals surface area contributed by atoms with Crippen molar-refractivity contribution in [3.8, 4) is 0 Å². The molecule has 108 valence electrons. The first-order valence-corrected chi connectivity index (χ1v) is 8.68. The molecule has 0 saturated carbocycles. The first kappa shape index (κ1) is 15.4. The van der Waals surface area contributed by atoms with Crippen molar-refractivity contribution in [3.63, 3.8) is 0 Å². The number of carbonyl (C=O) groups excluding carboxylic acids is 1. The molecular weight excluding hydrogens is 286 g/mol. The molecule has 0 aliphatic carbocycles. The van der Waals surface area contributed by atoms with Gasteiger partial charge in [0.05, 0.1) is 11.4 Å². The van der Waals surface area contributed by atoms with E-state index >= 15 is 0 Å². The summed E-state index contributed by atoms with van der Waals surface area (Å²) in [6, 6.07) is 8.59. The molecule has 2 rings (SSSR count). The molecule has 0 amide bonds. The molecule has 0 fully saturated rings. The highest BCUT2D eigenvalue weighted by Crippen LogP contribution is 2.19. The van der Waals surface area contributed by atoms with Crippen molar-refractivity contribution in [3.05, 3.63) is 44.3 Å². The molecule has 0 radical (unpaired) electrons. The van der Waals surface area contributed by atoms with Crippen LogP contribution in [0.15, 0.2) is 29.6 Å². The number of rotatable bonds is 7. The van der Waals surface area contributed by atoms with E-state index in [1.54, 1.807) is 22.7 Å². The topological polar surface area (TPSA) is 20.3 Å². The third kappa shape index (κ3) is 4.01. The van der Waals surface area contributed by atoms with Gasteiger partial charge in [-0.2, -0.15) is 0 Å². The number of nitrogens with zero attached hydrogens (tertiary/aromatic N) is 1. The Balaban J connectivity index is 2.02. The highest BCUT2D eigenvalue weighted by molar-refractivity contribution is 7.14. The van der Waals surface area contributed by atoms with E-state index in [1.807, 2.05) is 6.07 Å². The zero-order chi connectivity index (χ0) is 14.5. The third-order valence-corrected chi connectivity index (χ3v) is 5.43. The Morgan fingerprint density at radius 3 is 2.60 bits per heavy atom. The Labute approximate surface area is 129 Å². The predicted octanol–water partition coefficient (Wildman–Crippen LogP) is 4.47. The average Bonchev–Trinajstić information content (AvgIpc) is 3.08. The Morgan fingerprint density at radius 1 is 1.25 bits per heavy atom. The van der Waals surface area contributed by atoms with Gasteiger partial charge in [-0.3, -0.25) is 9.69 Å². The van der Waals surface area contributed by atoms with Crippen molar-refractivity contribution < 1.29 is 4.79 Å². The lowest BCUT2D eigenvalue weighted by Gasteiger charge is -2.24. The van der Waals surface area contributed by atoms with Crippen LogP contribution in [0.2, 0.25) is 0 Å². The summed E-state index contributed by atoms with van der Waals surface area (Å²) in [5, 5.41) is 2.09. The molecule has 2 aromatic rings. The Kier molecular flexibility index (Phi) is 5.52. The van der Waals surface area contributed by atoms with Gasteiger partial charge in [-0.15, -0.1) is 22.7 Å². The number of hydrogen-bond acceptors (Lipinski definition) is 4. The van der Waals surface area contributed by atoms with Crippen molar-refractivity contribution in [2.45, 2.75) is 39.8 Å². The van der Waals surface area contributed by atoms with Gasteiger partial charge in [-0.25, -0.2) is 0 Å². The van der Waals surface area contributed by atoms with E-state index in [4.69, 9.17) is 0 Å². The van der Waals surface area contributed by atoms with Gasteiger partial charge in [0.25, 0.3) is 0 Å². The van der Waals surface area contributed by atoms with Gasteiger partial charge in [0.1, 0.15) is 0 Å². The Hall–Kier alpha value is -0.970. The molecule has 2 heterocycles. The van der Waals surface area contributed by atoms with Crippen LogP contribution in [0.1, 0.15) is 40.2 Å². The molecule has 2 aromatic heterocycles. The van der Waals surface area contributed by atoms with E-state index in [9.17, 15) is 4.79 Å². The molecule has 0 bridgehead atoms. The smallest absolute Gasteiger partial charge is 0.186 e. The van der Waals surface area contributed by atoms with Gasteiger partial charge in [-0.05, 0) is 43.8 Å². The summed E-state index contributed by atoms with van der Waals surface area (Å²) in [5.41, 5.74) is 0. The molecule has 0 spiro atoms. The fourth-order valence-electron chi connectivity index (χ4n) is 2.00. The third-order valence-electron chi connectivity index (χ3n) is 3.30. The van der Waals surface area contributed by atoms with E-state index in [0.717, 1.165) is 17.8 Å². The number of hydrogen-bond donors (Lipinski definition) is 0. The first-order valence-electron chi connectivity index (χ1n) is 6.98. The van der Waals surface area contributed by atoms with E-state index in [0.29, 0.717) is 12.6 Å². The normalized spacial score (nSPS) is 11.4. The van der Waals surface area contributed by atoms with E-state index < -0.39 is 0 Å². The summed E-state index contributed by atoms with van der Waals surface area (Å²) in [6.07, 6.45) is 1.00. The summed E-state index contributed by atoms with van der Waals surface area (Å²) >= 11 is 3.38. The summed E-state index contributed by atoms with van der Waals surface area (Å²) in [7, 11) is 0. The van der Waals surface area contributed by atoms with Gasteiger partial charge in [0.2, 0.25) is 0 Å². The largest absolute Gasteiger partial charge is 0.292 e. The fraction of sp³-hybridized carbons (Fsp3) is 0.438. The summed E-state index contributed by atoms with van der Waals surface area (Å²) < 4.78 is 0. The van der Waals surface area contributed by atoms with Crippen molar-refractivity contribution in [2.24, 2.45) is 0 Å².